The van der Waals surface area contributed by atoms with E-state index in [2.05, 4.69) is 0 Å². The van der Waals surface area contributed by atoms with Crippen molar-refractivity contribution in [3.8, 4) is 5.75 Å². The van der Waals surface area contributed by atoms with Gasteiger partial charge in [0, 0.05) is 26.7 Å². The summed E-state index contributed by atoms with van der Waals surface area (Å²) in [6, 6.07) is 16.2. The number of benzene rings is 2. The number of hydrogen-bond donors (Lipinski definition) is 1. The Kier molecular flexibility index (Phi) is 8.06. The monoisotopic (exact) mass is 378 g/mol. The molecule has 0 saturated heterocycles. The highest BCUT2D eigenvalue weighted by atomic mass is 32.2. The van der Waals surface area contributed by atoms with Gasteiger partial charge in [0.1, 0.15) is 12.4 Å². The Hall–Kier alpha value is -1.93. The van der Waals surface area contributed by atoms with E-state index in [1.54, 1.807) is 31.4 Å². The normalized spacial score (nSPS) is 11.7. The Morgan fingerprint density at radius 2 is 1.65 bits per heavy atom. The Morgan fingerprint density at radius 1 is 0.962 bits per heavy atom. The summed E-state index contributed by atoms with van der Waals surface area (Å²) in [5.74, 6) is 0.607. The third-order valence-electron chi connectivity index (χ3n) is 3.89. The van der Waals surface area contributed by atoms with Gasteiger partial charge in [0.05, 0.1) is 11.5 Å². The smallest absolute Gasteiger partial charge is 0.243 e. The number of sulfonamides is 1. The van der Waals surface area contributed by atoms with E-state index in [1.807, 2.05) is 30.3 Å². The van der Waals surface area contributed by atoms with Crippen LogP contribution in [0.25, 0.3) is 0 Å². The van der Waals surface area contributed by atoms with Crippen molar-refractivity contribution < 1.29 is 17.9 Å². The first-order chi connectivity index (χ1) is 12.6. The fourth-order valence-corrected chi connectivity index (χ4v) is 3.95. The van der Waals surface area contributed by atoms with Gasteiger partial charge in [-0.3, -0.25) is 0 Å². The molecule has 7 heteroatoms. The molecule has 142 valence electrons. The fraction of sp³-hybridized carbons (Fsp3) is 0.368. The van der Waals surface area contributed by atoms with Gasteiger partial charge in [0.25, 0.3) is 0 Å². The highest BCUT2D eigenvalue weighted by Gasteiger charge is 2.23. The largest absolute Gasteiger partial charge is 0.491 e. The summed E-state index contributed by atoms with van der Waals surface area (Å²) in [6.45, 7) is 1.83. The van der Waals surface area contributed by atoms with Crippen molar-refractivity contribution in [3.05, 3.63) is 60.2 Å². The summed E-state index contributed by atoms with van der Waals surface area (Å²) in [7, 11) is -2.00. The highest BCUT2D eigenvalue weighted by molar-refractivity contribution is 7.89. The standard InChI is InChI=1S/C19H26N2O4S/c1-24-15-16-25-18-7-9-19(10-8-18)26(22,23)21(14-12-20)13-11-17-5-3-2-4-6-17/h2-10H,11-16,20H2,1H3. The van der Waals surface area contributed by atoms with E-state index >= 15 is 0 Å². The van der Waals surface area contributed by atoms with Crippen LogP contribution in [0.4, 0.5) is 0 Å². The maximum Gasteiger partial charge on any atom is 0.243 e. The van der Waals surface area contributed by atoms with Crippen LogP contribution in [0.3, 0.4) is 0 Å². The van der Waals surface area contributed by atoms with Crippen LogP contribution < -0.4 is 10.5 Å². The summed E-state index contributed by atoms with van der Waals surface area (Å²) < 4.78 is 37.7. The van der Waals surface area contributed by atoms with E-state index in [0.717, 1.165) is 5.56 Å². The lowest BCUT2D eigenvalue weighted by Gasteiger charge is -2.21. The van der Waals surface area contributed by atoms with Crippen LogP contribution in [0.5, 0.6) is 5.75 Å². The zero-order chi connectivity index (χ0) is 18.8. The second-order valence-corrected chi connectivity index (χ2v) is 7.68. The van der Waals surface area contributed by atoms with Crippen molar-refractivity contribution in [2.75, 3.05) is 40.0 Å². The van der Waals surface area contributed by atoms with Crippen LogP contribution in [0, 0.1) is 0 Å². The molecular weight excluding hydrogens is 352 g/mol. The van der Waals surface area contributed by atoms with Crippen LogP contribution in [-0.4, -0.2) is 52.7 Å². The SMILES string of the molecule is COCCOc1ccc(S(=O)(=O)N(CCN)CCc2ccccc2)cc1. The molecule has 2 rings (SSSR count). The van der Waals surface area contributed by atoms with Gasteiger partial charge in [-0.1, -0.05) is 30.3 Å². The molecule has 0 aliphatic heterocycles. The Labute approximate surface area is 155 Å². The minimum Gasteiger partial charge on any atom is -0.491 e. The highest BCUT2D eigenvalue weighted by Crippen LogP contribution is 2.20. The first kappa shape index (κ1) is 20.4. The van der Waals surface area contributed by atoms with E-state index in [-0.39, 0.29) is 18.0 Å². The zero-order valence-corrected chi connectivity index (χ0v) is 15.8. The molecule has 6 nitrogen and oxygen atoms in total. The van der Waals surface area contributed by atoms with E-state index in [0.29, 0.717) is 31.9 Å². The predicted octanol–water partition coefficient (Wildman–Crippen LogP) is 1.90. The average Bonchev–Trinajstić information content (AvgIpc) is 2.66. The van der Waals surface area contributed by atoms with Crippen LogP contribution in [0.1, 0.15) is 5.56 Å². The van der Waals surface area contributed by atoms with Gasteiger partial charge in [0.15, 0.2) is 0 Å². The molecule has 0 spiro atoms. The topological polar surface area (TPSA) is 81.9 Å². The zero-order valence-electron chi connectivity index (χ0n) is 15.0. The summed E-state index contributed by atoms with van der Waals surface area (Å²) in [6.07, 6.45) is 0.637. The molecule has 0 aliphatic rings. The molecule has 2 aromatic rings. The first-order valence-corrected chi connectivity index (χ1v) is 9.98. The van der Waals surface area contributed by atoms with Crippen LogP contribution in [0.15, 0.2) is 59.5 Å². The van der Waals surface area contributed by atoms with E-state index in [4.69, 9.17) is 15.2 Å². The Morgan fingerprint density at radius 3 is 2.27 bits per heavy atom. The minimum atomic E-state index is -3.60. The molecule has 0 fully saturated rings. The van der Waals surface area contributed by atoms with Gasteiger partial charge >= 0.3 is 0 Å². The molecule has 0 unspecified atom stereocenters. The lowest BCUT2D eigenvalue weighted by Crippen LogP contribution is -2.36. The van der Waals surface area contributed by atoms with Crippen molar-refractivity contribution in [2.24, 2.45) is 5.73 Å². The van der Waals surface area contributed by atoms with Crippen LogP contribution in [0.2, 0.25) is 0 Å². The first-order valence-electron chi connectivity index (χ1n) is 8.54. The van der Waals surface area contributed by atoms with E-state index < -0.39 is 10.0 Å². The second kappa shape index (κ2) is 10.3. The van der Waals surface area contributed by atoms with Crippen LogP contribution >= 0.6 is 0 Å². The molecule has 0 atom stereocenters. The van der Waals surface area contributed by atoms with Gasteiger partial charge in [-0.2, -0.15) is 4.31 Å². The average molecular weight is 378 g/mol. The third-order valence-corrected chi connectivity index (χ3v) is 5.80. The third kappa shape index (κ3) is 5.81. The van der Waals surface area contributed by atoms with Gasteiger partial charge in [-0.15, -0.1) is 0 Å². The molecule has 0 bridgehead atoms. The fourth-order valence-electron chi connectivity index (χ4n) is 2.49. The van der Waals surface area contributed by atoms with Crippen molar-refractivity contribution in [1.29, 1.82) is 0 Å². The minimum absolute atomic E-state index is 0.234. The maximum absolute atomic E-state index is 12.9. The molecule has 2 aromatic carbocycles. The van der Waals surface area contributed by atoms with Crippen LogP contribution in [-0.2, 0) is 21.2 Å². The molecule has 26 heavy (non-hydrogen) atoms. The van der Waals surface area contributed by atoms with Crippen molar-refractivity contribution in [2.45, 2.75) is 11.3 Å². The predicted molar refractivity (Wildman–Crippen MR) is 102 cm³/mol. The Balaban J connectivity index is 2.07. The number of hydrogen-bond acceptors (Lipinski definition) is 5. The summed E-state index contributed by atoms with van der Waals surface area (Å²) >= 11 is 0. The molecule has 0 radical (unpaired) electrons. The van der Waals surface area contributed by atoms with Gasteiger partial charge in [0.2, 0.25) is 10.0 Å². The molecule has 2 N–H and O–H groups in total. The van der Waals surface area contributed by atoms with Gasteiger partial charge < -0.3 is 15.2 Å². The van der Waals surface area contributed by atoms with Gasteiger partial charge in [-0.25, -0.2) is 8.42 Å². The number of nitrogens with zero attached hydrogens (tertiary/aromatic N) is 1. The van der Waals surface area contributed by atoms with Crippen molar-refractivity contribution in [3.63, 3.8) is 0 Å². The summed E-state index contributed by atoms with van der Waals surface area (Å²) in [5, 5.41) is 0. The number of nitrogens with two attached hydrogens (primary N) is 1. The molecule has 0 saturated carbocycles. The quantitative estimate of drug-likeness (QED) is 0.604. The molecule has 0 heterocycles. The number of ether oxygens (including phenoxy) is 2. The molecule has 0 aromatic heterocycles. The summed E-state index contributed by atoms with van der Waals surface area (Å²) in [5.41, 5.74) is 6.72. The van der Waals surface area contributed by atoms with Gasteiger partial charge in [-0.05, 0) is 36.2 Å². The molecule has 0 aliphatic carbocycles. The number of rotatable bonds is 11. The number of methoxy groups -OCH3 is 1. The molecular formula is C19H26N2O4S. The van der Waals surface area contributed by atoms with E-state index in [1.165, 1.54) is 4.31 Å². The lowest BCUT2D eigenvalue weighted by molar-refractivity contribution is 0.146. The maximum atomic E-state index is 12.9. The lowest BCUT2D eigenvalue weighted by atomic mass is 10.1. The van der Waals surface area contributed by atoms with E-state index in [9.17, 15) is 8.42 Å². The van der Waals surface area contributed by atoms with Crippen molar-refractivity contribution >= 4 is 10.0 Å². The molecule has 0 amide bonds. The Bertz CT molecular complexity index is 749. The summed E-state index contributed by atoms with van der Waals surface area (Å²) in [4.78, 5) is 0.234. The second-order valence-electron chi connectivity index (χ2n) is 5.74. The van der Waals surface area contributed by atoms with Crippen molar-refractivity contribution in [1.82, 2.24) is 4.31 Å².